The maximum absolute atomic E-state index is 5.78. The molecule has 0 fully saturated rings. The summed E-state index contributed by atoms with van der Waals surface area (Å²) in [5.74, 6) is 1.63. The van der Waals surface area contributed by atoms with Crippen LogP contribution in [-0.2, 0) is 4.74 Å². The average Bonchev–Trinajstić information content (AvgIpc) is 2.94. The minimum Gasteiger partial charge on any atom is -0.471 e. The van der Waals surface area contributed by atoms with Gasteiger partial charge < -0.3 is 9.47 Å². The van der Waals surface area contributed by atoms with Crippen LogP contribution < -0.4 is 4.74 Å². The van der Waals surface area contributed by atoms with Crippen molar-refractivity contribution in [1.29, 1.82) is 0 Å². The van der Waals surface area contributed by atoms with E-state index in [2.05, 4.69) is 11.4 Å². The van der Waals surface area contributed by atoms with Gasteiger partial charge in [0, 0.05) is 0 Å². The Labute approximate surface area is 106 Å². The molecule has 1 unspecified atom stereocenters. The van der Waals surface area contributed by atoms with Gasteiger partial charge in [0.05, 0.1) is 0 Å². The van der Waals surface area contributed by atoms with Crippen molar-refractivity contribution in [3.05, 3.63) is 60.2 Å². The van der Waals surface area contributed by atoms with Crippen molar-refractivity contribution in [1.82, 2.24) is 0 Å². The highest BCUT2D eigenvalue weighted by molar-refractivity contribution is 5.50. The van der Waals surface area contributed by atoms with E-state index in [1.165, 1.54) is 0 Å². The quantitative estimate of drug-likeness (QED) is 0.819. The first kappa shape index (κ1) is 10.8. The second-order valence-electron chi connectivity index (χ2n) is 4.03. The first-order valence-electron chi connectivity index (χ1n) is 5.81. The molecular formula is C15H12NO2. The lowest BCUT2D eigenvalue weighted by Crippen LogP contribution is -1.97. The minimum absolute atomic E-state index is 0.0318. The minimum atomic E-state index is 0.0318. The molecular weight excluding hydrogens is 226 g/mol. The molecule has 0 saturated heterocycles. The van der Waals surface area contributed by atoms with Crippen LogP contribution in [0, 0.1) is 0 Å². The summed E-state index contributed by atoms with van der Waals surface area (Å²) in [4.78, 5) is 4.13. The van der Waals surface area contributed by atoms with Gasteiger partial charge in [-0.25, -0.2) is 4.99 Å². The lowest BCUT2D eigenvalue weighted by molar-refractivity contribution is 0.330. The third-order valence-electron chi connectivity index (χ3n) is 2.74. The van der Waals surface area contributed by atoms with E-state index >= 15 is 0 Å². The Balaban J connectivity index is 1.81. The molecule has 0 bridgehead atoms. The molecule has 1 atom stereocenters. The molecule has 3 rings (SSSR count). The fourth-order valence-electron chi connectivity index (χ4n) is 1.84. The van der Waals surface area contributed by atoms with Crippen molar-refractivity contribution >= 4 is 6.40 Å². The van der Waals surface area contributed by atoms with Gasteiger partial charge in [-0.3, -0.25) is 0 Å². The molecule has 0 N–H and O–H groups in total. The zero-order chi connectivity index (χ0) is 12.2. The molecule has 0 amide bonds. The number of ether oxygens (including phenoxy) is 2. The molecule has 2 aromatic carbocycles. The molecule has 0 saturated carbocycles. The maximum atomic E-state index is 5.78. The van der Waals surface area contributed by atoms with Gasteiger partial charge in [-0.1, -0.05) is 30.3 Å². The monoisotopic (exact) mass is 238 g/mol. The molecule has 3 heteroatoms. The van der Waals surface area contributed by atoms with E-state index < -0.39 is 0 Å². The topological polar surface area (TPSA) is 30.8 Å². The Morgan fingerprint density at radius 1 is 1.06 bits per heavy atom. The van der Waals surface area contributed by atoms with Crippen molar-refractivity contribution in [3.8, 4) is 11.5 Å². The van der Waals surface area contributed by atoms with Crippen molar-refractivity contribution in [2.24, 2.45) is 4.99 Å². The van der Waals surface area contributed by atoms with E-state index in [1.54, 1.807) is 0 Å². The SMILES string of the molecule is [C]1=NC(c2cccc(Oc3ccccc3)c2)CO1. The average molecular weight is 238 g/mol. The number of hydrogen-bond acceptors (Lipinski definition) is 3. The molecule has 2 aromatic rings. The van der Waals surface area contributed by atoms with Crippen LogP contribution in [-0.4, -0.2) is 13.0 Å². The molecule has 1 aliphatic rings. The lowest BCUT2D eigenvalue weighted by Gasteiger charge is -2.09. The van der Waals surface area contributed by atoms with Crippen LogP contribution in [0.25, 0.3) is 0 Å². The van der Waals surface area contributed by atoms with Crippen LogP contribution >= 0.6 is 0 Å². The van der Waals surface area contributed by atoms with Crippen molar-refractivity contribution in [3.63, 3.8) is 0 Å². The Hall–Kier alpha value is -2.29. The number of para-hydroxylation sites is 1. The van der Waals surface area contributed by atoms with Crippen molar-refractivity contribution in [2.45, 2.75) is 6.04 Å². The highest BCUT2D eigenvalue weighted by atomic mass is 16.5. The second kappa shape index (κ2) is 4.92. The summed E-state index contributed by atoms with van der Waals surface area (Å²) in [6, 6.07) is 17.6. The summed E-state index contributed by atoms with van der Waals surface area (Å²) in [5, 5.41) is 0. The van der Waals surface area contributed by atoms with Crippen LogP contribution in [0.1, 0.15) is 11.6 Å². The van der Waals surface area contributed by atoms with Gasteiger partial charge in [0.2, 0.25) is 0 Å². The van der Waals surface area contributed by atoms with E-state index in [1.807, 2.05) is 54.6 Å². The standard InChI is InChI=1S/C15H12NO2/c1-2-6-13(7-3-1)18-14-8-4-5-12(9-14)15-10-17-11-16-15/h1-9,15H,10H2. The number of hydrogen-bond donors (Lipinski definition) is 0. The highest BCUT2D eigenvalue weighted by Gasteiger charge is 2.15. The first-order valence-corrected chi connectivity index (χ1v) is 5.81. The van der Waals surface area contributed by atoms with Crippen molar-refractivity contribution < 1.29 is 9.47 Å². The summed E-state index contributed by atoms with van der Waals surface area (Å²) in [6.45, 7) is 0.550. The van der Waals surface area contributed by atoms with E-state index in [4.69, 9.17) is 9.47 Å². The molecule has 1 heterocycles. The van der Waals surface area contributed by atoms with Crippen LogP contribution in [0.5, 0.6) is 11.5 Å². The Morgan fingerprint density at radius 3 is 2.67 bits per heavy atom. The molecule has 89 valence electrons. The van der Waals surface area contributed by atoms with Gasteiger partial charge in [0.25, 0.3) is 6.40 Å². The van der Waals surface area contributed by atoms with Crippen LogP contribution in [0.4, 0.5) is 0 Å². The van der Waals surface area contributed by atoms with Crippen LogP contribution in [0.15, 0.2) is 59.6 Å². The molecule has 1 radical (unpaired) electrons. The molecule has 1 aliphatic heterocycles. The lowest BCUT2D eigenvalue weighted by atomic mass is 10.1. The normalized spacial score (nSPS) is 17.4. The molecule has 0 spiro atoms. The highest BCUT2D eigenvalue weighted by Crippen LogP contribution is 2.27. The summed E-state index contributed by atoms with van der Waals surface area (Å²) in [5.41, 5.74) is 1.08. The fourth-order valence-corrected chi connectivity index (χ4v) is 1.84. The van der Waals surface area contributed by atoms with Gasteiger partial charge >= 0.3 is 0 Å². The number of nitrogens with zero attached hydrogens (tertiary/aromatic N) is 1. The predicted molar refractivity (Wildman–Crippen MR) is 69.1 cm³/mol. The van der Waals surface area contributed by atoms with Crippen LogP contribution in [0.3, 0.4) is 0 Å². The van der Waals surface area contributed by atoms with Gasteiger partial charge in [0.15, 0.2) is 0 Å². The molecule has 0 aliphatic carbocycles. The van der Waals surface area contributed by atoms with E-state index in [9.17, 15) is 0 Å². The largest absolute Gasteiger partial charge is 0.471 e. The molecule has 18 heavy (non-hydrogen) atoms. The summed E-state index contributed by atoms with van der Waals surface area (Å²) < 4.78 is 10.8. The maximum Gasteiger partial charge on any atom is 0.273 e. The molecule has 0 aromatic heterocycles. The van der Waals surface area contributed by atoms with Gasteiger partial charge in [-0.05, 0) is 29.8 Å². The third kappa shape index (κ3) is 2.35. The predicted octanol–water partition coefficient (Wildman–Crippen LogP) is 3.46. The molecule has 3 nitrogen and oxygen atoms in total. The smallest absolute Gasteiger partial charge is 0.273 e. The fraction of sp³-hybridized carbons (Fsp3) is 0.133. The Bertz CT molecular complexity index is 551. The summed E-state index contributed by atoms with van der Waals surface area (Å²) in [6.07, 6.45) is 2.52. The van der Waals surface area contributed by atoms with E-state index in [0.717, 1.165) is 17.1 Å². The van der Waals surface area contributed by atoms with Gasteiger partial charge in [-0.15, -0.1) is 0 Å². The second-order valence-corrected chi connectivity index (χ2v) is 4.03. The number of aliphatic imine (C=N–C) groups is 1. The van der Waals surface area contributed by atoms with Gasteiger partial charge in [0.1, 0.15) is 24.1 Å². The van der Waals surface area contributed by atoms with Crippen LogP contribution in [0.2, 0.25) is 0 Å². The van der Waals surface area contributed by atoms with Gasteiger partial charge in [-0.2, -0.15) is 0 Å². The van der Waals surface area contributed by atoms with E-state index in [0.29, 0.717) is 6.61 Å². The third-order valence-corrected chi connectivity index (χ3v) is 2.74. The Morgan fingerprint density at radius 2 is 1.89 bits per heavy atom. The summed E-state index contributed by atoms with van der Waals surface area (Å²) >= 11 is 0. The van der Waals surface area contributed by atoms with E-state index in [-0.39, 0.29) is 6.04 Å². The number of rotatable bonds is 3. The zero-order valence-corrected chi connectivity index (χ0v) is 9.74. The Kier molecular flexibility index (Phi) is 2.96. The first-order chi connectivity index (χ1) is 8.92. The zero-order valence-electron chi connectivity index (χ0n) is 9.74. The number of benzene rings is 2. The summed E-state index contributed by atoms with van der Waals surface area (Å²) in [7, 11) is 0. The van der Waals surface area contributed by atoms with Crippen molar-refractivity contribution in [2.75, 3.05) is 6.61 Å².